The van der Waals surface area contributed by atoms with E-state index in [4.69, 9.17) is 4.74 Å². The molecular formula is C24H15BrF3NO4. The number of aliphatic hydroxyl groups is 1. The number of anilines is 1. The van der Waals surface area contributed by atoms with Gasteiger partial charge in [-0.15, -0.1) is 0 Å². The zero-order chi connectivity index (χ0) is 23.9. The third-order valence-electron chi connectivity index (χ3n) is 5.22. The van der Waals surface area contributed by atoms with Crippen molar-refractivity contribution in [2.75, 3.05) is 12.0 Å². The van der Waals surface area contributed by atoms with Crippen molar-refractivity contribution in [3.8, 4) is 5.75 Å². The summed E-state index contributed by atoms with van der Waals surface area (Å²) in [7, 11) is 1.45. The molecule has 33 heavy (non-hydrogen) atoms. The second-order valence-corrected chi connectivity index (χ2v) is 8.02. The number of amides is 1. The number of ether oxygens (including phenoxy) is 1. The highest BCUT2D eigenvalue weighted by molar-refractivity contribution is 9.10. The van der Waals surface area contributed by atoms with Crippen LogP contribution in [0.15, 0.2) is 70.7 Å². The lowest BCUT2D eigenvalue weighted by Gasteiger charge is -2.25. The van der Waals surface area contributed by atoms with Crippen LogP contribution in [0.1, 0.15) is 17.2 Å². The van der Waals surface area contributed by atoms with Crippen molar-refractivity contribution in [3.05, 3.63) is 99.3 Å². The van der Waals surface area contributed by atoms with Gasteiger partial charge in [-0.2, -0.15) is 0 Å². The molecular weight excluding hydrogens is 503 g/mol. The molecule has 9 heteroatoms. The van der Waals surface area contributed by atoms with Crippen LogP contribution in [0.2, 0.25) is 0 Å². The van der Waals surface area contributed by atoms with Gasteiger partial charge in [0.05, 0.1) is 28.9 Å². The molecule has 0 spiro atoms. The smallest absolute Gasteiger partial charge is 0.300 e. The molecule has 0 bridgehead atoms. The first-order valence-electron chi connectivity index (χ1n) is 9.58. The van der Waals surface area contributed by atoms with Crippen LogP contribution in [0.5, 0.6) is 5.75 Å². The molecule has 1 amide bonds. The number of hydrogen-bond acceptors (Lipinski definition) is 4. The van der Waals surface area contributed by atoms with Crippen molar-refractivity contribution in [3.63, 3.8) is 0 Å². The fraction of sp³-hybridized carbons (Fsp3) is 0.0833. The van der Waals surface area contributed by atoms with E-state index in [2.05, 4.69) is 15.9 Å². The third-order valence-corrected chi connectivity index (χ3v) is 5.84. The molecule has 3 aromatic carbocycles. The highest BCUT2D eigenvalue weighted by Gasteiger charge is 2.47. The van der Waals surface area contributed by atoms with Crippen LogP contribution in [0.3, 0.4) is 0 Å². The van der Waals surface area contributed by atoms with E-state index >= 15 is 0 Å². The summed E-state index contributed by atoms with van der Waals surface area (Å²) >= 11 is 3.29. The van der Waals surface area contributed by atoms with Crippen LogP contribution < -0.4 is 9.64 Å². The van der Waals surface area contributed by atoms with Crippen LogP contribution in [0.25, 0.3) is 5.76 Å². The molecule has 0 aromatic heterocycles. The van der Waals surface area contributed by atoms with Crippen molar-refractivity contribution >= 4 is 39.1 Å². The van der Waals surface area contributed by atoms with Crippen LogP contribution >= 0.6 is 15.9 Å². The Morgan fingerprint density at radius 1 is 0.970 bits per heavy atom. The minimum absolute atomic E-state index is 0.174. The van der Waals surface area contributed by atoms with Crippen LogP contribution in [-0.4, -0.2) is 23.9 Å². The SMILES string of the molecule is COc1ccc(/C(O)=C2\C(=O)C(=O)N(c3cc(F)ccc3F)C2c2ccc(F)cc2)cc1Br. The Kier molecular flexibility index (Phi) is 5.99. The average Bonchev–Trinajstić information content (AvgIpc) is 3.06. The summed E-state index contributed by atoms with van der Waals surface area (Å²) < 4.78 is 47.8. The van der Waals surface area contributed by atoms with E-state index in [1.54, 1.807) is 0 Å². The summed E-state index contributed by atoms with van der Waals surface area (Å²) in [5.74, 6) is -4.69. The number of aliphatic hydroxyl groups excluding tert-OH is 1. The fourth-order valence-electron chi connectivity index (χ4n) is 3.68. The predicted octanol–water partition coefficient (Wildman–Crippen LogP) is 5.50. The number of carbonyl (C=O) groups is 2. The van der Waals surface area contributed by atoms with E-state index < -0.39 is 46.6 Å². The molecule has 0 aliphatic carbocycles. The van der Waals surface area contributed by atoms with Crippen molar-refractivity contribution in [1.29, 1.82) is 0 Å². The van der Waals surface area contributed by atoms with Gasteiger partial charge >= 0.3 is 0 Å². The molecule has 1 unspecified atom stereocenters. The molecule has 1 saturated heterocycles. The predicted molar refractivity (Wildman–Crippen MR) is 118 cm³/mol. The number of Topliss-reactive ketones (excluding diaryl/α,β-unsaturated/α-hetero) is 1. The van der Waals surface area contributed by atoms with E-state index in [1.807, 2.05) is 0 Å². The Morgan fingerprint density at radius 3 is 2.27 bits per heavy atom. The quantitative estimate of drug-likeness (QED) is 0.282. The largest absolute Gasteiger partial charge is 0.507 e. The number of halogens is 4. The van der Waals surface area contributed by atoms with Crippen molar-refractivity contribution in [2.24, 2.45) is 0 Å². The maximum absolute atomic E-state index is 14.6. The highest BCUT2D eigenvalue weighted by atomic mass is 79.9. The Morgan fingerprint density at radius 2 is 1.64 bits per heavy atom. The van der Waals surface area contributed by atoms with Crippen LogP contribution in [0.4, 0.5) is 18.9 Å². The maximum Gasteiger partial charge on any atom is 0.300 e. The van der Waals surface area contributed by atoms with E-state index in [9.17, 15) is 27.9 Å². The molecule has 168 valence electrons. The van der Waals surface area contributed by atoms with Gasteiger partial charge in [0.1, 0.15) is 29.0 Å². The molecule has 0 radical (unpaired) electrons. The molecule has 4 rings (SSSR count). The monoisotopic (exact) mass is 517 g/mol. The van der Waals surface area contributed by atoms with Gasteiger partial charge in [0.25, 0.3) is 11.7 Å². The molecule has 1 atom stereocenters. The number of ketones is 1. The first kappa shape index (κ1) is 22.6. The normalized spacial score (nSPS) is 17.5. The number of rotatable bonds is 4. The first-order chi connectivity index (χ1) is 15.7. The van der Waals surface area contributed by atoms with Crippen molar-refractivity contribution in [1.82, 2.24) is 0 Å². The first-order valence-corrected chi connectivity index (χ1v) is 10.4. The van der Waals surface area contributed by atoms with Gasteiger partial charge in [-0.25, -0.2) is 13.2 Å². The fourth-order valence-corrected chi connectivity index (χ4v) is 4.22. The lowest BCUT2D eigenvalue weighted by atomic mass is 9.95. The molecule has 1 aliphatic rings. The molecule has 1 fully saturated rings. The van der Waals surface area contributed by atoms with E-state index in [1.165, 1.54) is 37.4 Å². The third kappa shape index (κ3) is 4.00. The molecule has 0 saturated carbocycles. The summed E-state index contributed by atoms with van der Waals surface area (Å²) in [6.45, 7) is 0. The van der Waals surface area contributed by atoms with Gasteiger partial charge < -0.3 is 9.84 Å². The van der Waals surface area contributed by atoms with Crippen LogP contribution in [0, 0.1) is 17.5 Å². The zero-order valence-electron chi connectivity index (χ0n) is 17.0. The summed E-state index contributed by atoms with van der Waals surface area (Å²) in [5.41, 5.74) is -0.449. The Balaban J connectivity index is 1.97. The number of methoxy groups -OCH3 is 1. The molecule has 1 heterocycles. The number of carbonyl (C=O) groups excluding carboxylic acids is 2. The molecule has 5 nitrogen and oxygen atoms in total. The van der Waals surface area contributed by atoms with Crippen LogP contribution in [-0.2, 0) is 9.59 Å². The molecule has 3 aromatic rings. The maximum atomic E-state index is 14.6. The number of nitrogens with zero attached hydrogens (tertiary/aromatic N) is 1. The number of hydrogen-bond donors (Lipinski definition) is 1. The second-order valence-electron chi connectivity index (χ2n) is 7.17. The summed E-state index contributed by atoms with van der Waals surface area (Å²) in [5, 5.41) is 11.0. The van der Waals surface area contributed by atoms with Crippen molar-refractivity contribution < 1.29 is 32.6 Å². The van der Waals surface area contributed by atoms with Gasteiger partial charge in [0.15, 0.2) is 0 Å². The average molecular weight is 518 g/mol. The Hall–Kier alpha value is -3.59. The van der Waals surface area contributed by atoms with Gasteiger partial charge in [0, 0.05) is 11.6 Å². The highest BCUT2D eigenvalue weighted by Crippen LogP contribution is 2.43. The van der Waals surface area contributed by atoms with Gasteiger partial charge in [-0.05, 0) is 64.0 Å². The lowest BCUT2D eigenvalue weighted by molar-refractivity contribution is -0.132. The van der Waals surface area contributed by atoms with E-state index in [0.717, 1.165) is 35.2 Å². The van der Waals surface area contributed by atoms with E-state index in [-0.39, 0.29) is 16.7 Å². The minimum atomic E-state index is -1.33. The Labute approximate surface area is 194 Å². The topological polar surface area (TPSA) is 66.8 Å². The van der Waals surface area contributed by atoms with Gasteiger partial charge in [-0.3, -0.25) is 14.5 Å². The standard InChI is InChI=1S/C24H15BrF3NO4/c1-33-19-9-4-13(10-16(19)25)22(30)20-21(12-2-5-14(26)6-3-12)29(24(32)23(20)31)18-11-15(27)7-8-17(18)28/h2-11,21,30H,1H3/b22-20+. The minimum Gasteiger partial charge on any atom is -0.507 e. The zero-order valence-corrected chi connectivity index (χ0v) is 18.6. The van der Waals surface area contributed by atoms with E-state index in [0.29, 0.717) is 10.2 Å². The Bertz CT molecular complexity index is 1310. The second kappa shape index (κ2) is 8.74. The van der Waals surface area contributed by atoms with Gasteiger partial charge in [0.2, 0.25) is 0 Å². The summed E-state index contributed by atoms with van der Waals surface area (Å²) in [6.07, 6.45) is 0. The van der Waals surface area contributed by atoms with Crippen molar-refractivity contribution in [2.45, 2.75) is 6.04 Å². The summed E-state index contributed by atoms with van der Waals surface area (Å²) in [6, 6.07) is 10.4. The number of benzene rings is 3. The summed E-state index contributed by atoms with van der Waals surface area (Å²) in [4.78, 5) is 26.8. The van der Waals surface area contributed by atoms with Gasteiger partial charge in [-0.1, -0.05) is 12.1 Å². The molecule has 1 N–H and O–H groups in total. The lowest BCUT2D eigenvalue weighted by Crippen LogP contribution is -2.30. The molecule has 1 aliphatic heterocycles.